The number of nitro benzene ring substituents is 1. The van der Waals surface area contributed by atoms with Gasteiger partial charge in [-0.2, -0.15) is 0 Å². The van der Waals surface area contributed by atoms with Gasteiger partial charge in [-0.15, -0.1) is 0 Å². The molecule has 0 fully saturated rings. The van der Waals surface area contributed by atoms with Crippen molar-refractivity contribution in [2.75, 3.05) is 5.32 Å². The normalized spacial score (nSPS) is 11.2. The summed E-state index contributed by atoms with van der Waals surface area (Å²) in [7, 11) is -3.60. The van der Waals surface area contributed by atoms with Crippen LogP contribution in [-0.4, -0.2) is 19.2 Å². The molecule has 3 aromatic rings. The van der Waals surface area contributed by atoms with Crippen LogP contribution in [0.2, 0.25) is 0 Å². The maximum Gasteiger partial charge on any atom is 0.291 e. The molecule has 1 N–H and O–H groups in total. The molecule has 1 amide bonds. The Morgan fingerprint density at radius 3 is 2.50 bits per heavy atom. The minimum absolute atomic E-state index is 0.0958. The first-order valence-corrected chi connectivity index (χ1v) is 9.84. The molecule has 0 aliphatic carbocycles. The van der Waals surface area contributed by atoms with E-state index in [0.29, 0.717) is 5.56 Å². The Hall–Kier alpha value is -3.46. The minimum Gasteiger partial charge on any atom is -0.455 e. The average molecular weight is 400 g/mol. The van der Waals surface area contributed by atoms with Crippen molar-refractivity contribution in [1.29, 1.82) is 0 Å². The van der Waals surface area contributed by atoms with Gasteiger partial charge < -0.3 is 9.73 Å². The van der Waals surface area contributed by atoms with E-state index in [9.17, 15) is 23.3 Å². The Labute approximate surface area is 160 Å². The van der Waals surface area contributed by atoms with Gasteiger partial charge in [0.15, 0.2) is 15.6 Å². The van der Waals surface area contributed by atoms with Crippen LogP contribution in [0.4, 0.5) is 11.4 Å². The molecule has 1 aromatic heterocycles. The van der Waals surface area contributed by atoms with Crippen molar-refractivity contribution in [2.24, 2.45) is 0 Å². The van der Waals surface area contributed by atoms with Gasteiger partial charge in [0, 0.05) is 17.3 Å². The third kappa shape index (κ3) is 4.26. The Kier molecular flexibility index (Phi) is 5.27. The van der Waals surface area contributed by atoms with Gasteiger partial charge in [-0.1, -0.05) is 24.3 Å². The number of anilines is 1. The second kappa shape index (κ2) is 7.65. The molecule has 0 spiro atoms. The van der Waals surface area contributed by atoms with E-state index in [1.165, 1.54) is 42.5 Å². The number of nitro groups is 1. The molecular formula is C19H16N2O6S. The van der Waals surface area contributed by atoms with Crippen LogP contribution in [0.25, 0.3) is 0 Å². The molecule has 3 rings (SSSR count). The summed E-state index contributed by atoms with van der Waals surface area (Å²) in [5.74, 6) is -1.01. The second-order valence-corrected chi connectivity index (χ2v) is 8.04. The van der Waals surface area contributed by atoms with Crippen molar-refractivity contribution in [1.82, 2.24) is 0 Å². The topological polar surface area (TPSA) is 120 Å². The van der Waals surface area contributed by atoms with Crippen LogP contribution in [0.3, 0.4) is 0 Å². The van der Waals surface area contributed by atoms with Crippen molar-refractivity contribution >= 4 is 27.1 Å². The average Bonchev–Trinajstić information content (AvgIpc) is 3.11. The van der Waals surface area contributed by atoms with E-state index < -0.39 is 20.7 Å². The Morgan fingerprint density at radius 2 is 1.82 bits per heavy atom. The number of hydrogen-bond donors (Lipinski definition) is 1. The van der Waals surface area contributed by atoms with E-state index in [4.69, 9.17) is 4.42 Å². The first kappa shape index (κ1) is 19.3. The molecule has 28 heavy (non-hydrogen) atoms. The Bertz CT molecular complexity index is 1140. The first-order valence-electron chi connectivity index (χ1n) is 8.19. The zero-order valence-corrected chi connectivity index (χ0v) is 15.6. The van der Waals surface area contributed by atoms with Crippen molar-refractivity contribution in [3.8, 4) is 0 Å². The van der Waals surface area contributed by atoms with E-state index in [2.05, 4.69) is 5.32 Å². The van der Waals surface area contributed by atoms with Gasteiger partial charge in [0.25, 0.3) is 11.6 Å². The number of carbonyl (C=O) groups excluding carboxylic acids is 1. The van der Waals surface area contributed by atoms with Gasteiger partial charge in [0.2, 0.25) is 0 Å². The summed E-state index contributed by atoms with van der Waals surface area (Å²) in [6.07, 6.45) is 0. The highest BCUT2D eigenvalue weighted by molar-refractivity contribution is 7.90. The SMILES string of the molecule is Cc1ccc(NC(=O)c2ccc(CS(=O)(=O)c3ccccc3)o2)cc1[N+](=O)[O-]. The smallest absolute Gasteiger partial charge is 0.291 e. The van der Waals surface area contributed by atoms with E-state index in [1.54, 1.807) is 25.1 Å². The van der Waals surface area contributed by atoms with Crippen molar-refractivity contribution in [2.45, 2.75) is 17.6 Å². The van der Waals surface area contributed by atoms with E-state index >= 15 is 0 Å². The fourth-order valence-corrected chi connectivity index (χ4v) is 3.82. The van der Waals surface area contributed by atoms with Gasteiger partial charge in [-0.25, -0.2) is 8.42 Å². The summed E-state index contributed by atoms with van der Waals surface area (Å²) in [6.45, 7) is 1.59. The third-order valence-electron chi connectivity index (χ3n) is 3.98. The molecule has 0 aliphatic heterocycles. The number of nitrogens with zero attached hydrogens (tertiary/aromatic N) is 1. The van der Waals surface area contributed by atoms with Crippen LogP contribution in [0.5, 0.6) is 0 Å². The number of nitrogens with one attached hydrogen (secondary N) is 1. The zero-order chi connectivity index (χ0) is 20.3. The quantitative estimate of drug-likeness (QED) is 0.497. The van der Waals surface area contributed by atoms with Crippen LogP contribution >= 0.6 is 0 Å². The number of rotatable bonds is 6. The number of furan rings is 1. The van der Waals surface area contributed by atoms with Crippen LogP contribution in [0.1, 0.15) is 21.9 Å². The minimum atomic E-state index is -3.60. The zero-order valence-electron chi connectivity index (χ0n) is 14.8. The van der Waals surface area contributed by atoms with Crippen molar-refractivity contribution in [3.63, 3.8) is 0 Å². The largest absolute Gasteiger partial charge is 0.455 e. The molecule has 0 atom stereocenters. The van der Waals surface area contributed by atoms with Crippen LogP contribution < -0.4 is 5.32 Å². The maximum absolute atomic E-state index is 12.4. The molecular weight excluding hydrogens is 384 g/mol. The Balaban J connectivity index is 1.74. The maximum atomic E-state index is 12.4. The molecule has 8 nitrogen and oxygen atoms in total. The molecule has 0 unspecified atom stereocenters. The highest BCUT2D eigenvalue weighted by Gasteiger charge is 2.20. The molecule has 0 saturated carbocycles. The molecule has 144 valence electrons. The van der Waals surface area contributed by atoms with E-state index in [1.807, 2.05) is 0 Å². The monoisotopic (exact) mass is 400 g/mol. The van der Waals surface area contributed by atoms with E-state index in [0.717, 1.165) is 0 Å². The summed E-state index contributed by atoms with van der Waals surface area (Å²) in [4.78, 5) is 22.9. The summed E-state index contributed by atoms with van der Waals surface area (Å²) in [5, 5.41) is 13.5. The van der Waals surface area contributed by atoms with E-state index in [-0.39, 0.29) is 33.5 Å². The number of sulfone groups is 1. The van der Waals surface area contributed by atoms with Crippen molar-refractivity contribution < 1.29 is 22.6 Å². The summed E-state index contributed by atoms with van der Waals surface area (Å²) in [6, 6.07) is 15.0. The van der Waals surface area contributed by atoms with Crippen molar-refractivity contribution in [3.05, 3.63) is 87.9 Å². The van der Waals surface area contributed by atoms with Gasteiger partial charge in [-0.05, 0) is 37.3 Å². The number of carbonyl (C=O) groups is 1. The number of hydrogen-bond acceptors (Lipinski definition) is 6. The predicted octanol–water partition coefficient (Wildman–Crippen LogP) is 3.72. The van der Waals surface area contributed by atoms with Crippen LogP contribution in [0.15, 0.2) is 70.0 Å². The molecule has 2 aromatic carbocycles. The third-order valence-corrected chi connectivity index (χ3v) is 5.64. The van der Waals surface area contributed by atoms with Gasteiger partial charge in [0.05, 0.1) is 9.82 Å². The molecule has 1 heterocycles. The summed E-state index contributed by atoms with van der Waals surface area (Å²) >= 11 is 0. The highest BCUT2D eigenvalue weighted by atomic mass is 32.2. The van der Waals surface area contributed by atoms with Crippen LogP contribution in [0, 0.1) is 17.0 Å². The highest BCUT2D eigenvalue weighted by Crippen LogP contribution is 2.23. The molecule has 9 heteroatoms. The lowest BCUT2D eigenvalue weighted by Gasteiger charge is -2.05. The molecule has 0 aliphatic rings. The molecule has 0 bridgehead atoms. The Morgan fingerprint density at radius 1 is 1.11 bits per heavy atom. The van der Waals surface area contributed by atoms with Gasteiger partial charge in [-0.3, -0.25) is 14.9 Å². The van der Waals surface area contributed by atoms with Gasteiger partial charge in [0.1, 0.15) is 11.5 Å². The number of benzene rings is 2. The standard InChI is InChI=1S/C19H16N2O6S/c1-13-7-8-14(11-17(13)21(23)24)20-19(22)18-10-9-15(27-18)12-28(25,26)16-5-3-2-4-6-16/h2-11H,12H2,1H3,(H,20,22). The summed E-state index contributed by atoms with van der Waals surface area (Å²) in [5.41, 5.74) is 0.582. The fraction of sp³-hybridized carbons (Fsp3) is 0.105. The lowest BCUT2D eigenvalue weighted by molar-refractivity contribution is -0.385. The second-order valence-electron chi connectivity index (χ2n) is 6.05. The molecule has 0 saturated heterocycles. The fourth-order valence-electron chi connectivity index (χ4n) is 2.55. The lowest BCUT2D eigenvalue weighted by Crippen LogP contribution is -2.11. The lowest BCUT2D eigenvalue weighted by atomic mass is 10.2. The van der Waals surface area contributed by atoms with Gasteiger partial charge >= 0.3 is 0 Å². The number of aryl methyl sites for hydroxylation is 1. The van der Waals surface area contributed by atoms with Crippen LogP contribution in [-0.2, 0) is 15.6 Å². The molecule has 0 radical (unpaired) electrons. The first-order chi connectivity index (χ1) is 13.3. The summed E-state index contributed by atoms with van der Waals surface area (Å²) < 4.78 is 30.1. The number of amides is 1. The predicted molar refractivity (Wildman–Crippen MR) is 102 cm³/mol.